The van der Waals surface area contributed by atoms with Crippen molar-refractivity contribution in [1.82, 2.24) is 4.98 Å². The van der Waals surface area contributed by atoms with Gasteiger partial charge < -0.3 is 10.6 Å². The summed E-state index contributed by atoms with van der Waals surface area (Å²) in [4.78, 5) is 6.19. The van der Waals surface area contributed by atoms with Gasteiger partial charge in [-0.25, -0.2) is 4.98 Å². The number of anilines is 1. The maximum Gasteiger partial charge on any atom is 0.128 e. The zero-order valence-corrected chi connectivity index (χ0v) is 9.14. The van der Waals surface area contributed by atoms with Crippen LogP contribution >= 0.6 is 0 Å². The molecule has 15 heavy (non-hydrogen) atoms. The van der Waals surface area contributed by atoms with Crippen molar-refractivity contribution in [3.05, 3.63) is 23.9 Å². The number of nitrogens with two attached hydrogens (primary N) is 1. The third-order valence-electron chi connectivity index (χ3n) is 2.25. The average Bonchev–Trinajstić information content (AvgIpc) is 2.26. The summed E-state index contributed by atoms with van der Waals surface area (Å²) in [5, 5.41) is 8.49. The Bertz CT molecular complexity index is 354. The van der Waals surface area contributed by atoms with E-state index in [2.05, 4.69) is 11.1 Å². The maximum atomic E-state index is 8.49. The van der Waals surface area contributed by atoms with Crippen molar-refractivity contribution in [3.8, 4) is 6.07 Å². The first-order valence-corrected chi connectivity index (χ1v) is 4.94. The van der Waals surface area contributed by atoms with Gasteiger partial charge in [0, 0.05) is 25.8 Å². The topological polar surface area (TPSA) is 65.9 Å². The normalized spacial score (nSPS) is 11.9. The summed E-state index contributed by atoms with van der Waals surface area (Å²) in [6, 6.07) is 5.99. The van der Waals surface area contributed by atoms with Crippen LogP contribution in [0.4, 0.5) is 5.82 Å². The van der Waals surface area contributed by atoms with Crippen molar-refractivity contribution in [2.45, 2.75) is 19.4 Å². The second kappa shape index (κ2) is 5.32. The van der Waals surface area contributed by atoms with Gasteiger partial charge in [-0.1, -0.05) is 0 Å². The van der Waals surface area contributed by atoms with E-state index in [1.54, 1.807) is 6.20 Å². The highest BCUT2D eigenvalue weighted by Crippen LogP contribution is 2.15. The minimum absolute atomic E-state index is 0.0103. The Hall–Kier alpha value is -1.60. The molecule has 1 heterocycles. The maximum absolute atomic E-state index is 8.49. The van der Waals surface area contributed by atoms with Gasteiger partial charge in [0.05, 0.1) is 12.5 Å². The third-order valence-corrected chi connectivity index (χ3v) is 2.25. The molecule has 0 aliphatic carbocycles. The van der Waals surface area contributed by atoms with E-state index in [-0.39, 0.29) is 6.04 Å². The van der Waals surface area contributed by atoms with Crippen LogP contribution in [0.1, 0.15) is 24.9 Å². The first-order valence-electron chi connectivity index (χ1n) is 4.94. The van der Waals surface area contributed by atoms with Crippen LogP contribution in [0.2, 0.25) is 0 Å². The Kier molecular flexibility index (Phi) is 4.07. The van der Waals surface area contributed by atoms with Crippen LogP contribution in [-0.2, 0) is 0 Å². The molecule has 1 aromatic rings. The first-order chi connectivity index (χ1) is 7.15. The van der Waals surface area contributed by atoms with Gasteiger partial charge in [-0.15, -0.1) is 0 Å². The number of hydrogen-bond acceptors (Lipinski definition) is 4. The van der Waals surface area contributed by atoms with Gasteiger partial charge in [-0.05, 0) is 24.6 Å². The van der Waals surface area contributed by atoms with Crippen LogP contribution in [0, 0.1) is 11.3 Å². The molecule has 0 aliphatic rings. The highest BCUT2D eigenvalue weighted by atomic mass is 15.2. The lowest BCUT2D eigenvalue weighted by atomic mass is 10.1. The van der Waals surface area contributed by atoms with Gasteiger partial charge >= 0.3 is 0 Å². The molecular formula is C11H16N4. The SMILES string of the molecule is CC(N)c1ccnc(N(C)CCC#N)c1. The smallest absolute Gasteiger partial charge is 0.128 e. The molecule has 0 spiro atoms. The zero-order valence-electron chi connectivity index (χ0n) is 9.14. The fourth-order valence-electron chi connectivity index (χ4n) is 1.26. The number of nitrogens with zero attached hydrogens (tertiary/aromatic N) is 3. The molecule has 1 unspecified atom stereocenters. The predicted molar refractivity (Wildman–Crippen MR) is 60.3 cm³/mol. The van der Waals surface area contributed by atoms with Crippen LogP contribution in [0.3, 0.4) is 0 Å². The van der Waals surface area contributed by atoms with E-state index < -0.39 is 0 Å². The van der Waals surface area contributed by atoms with Crippen LogP contribution in [0.15, 0.2) is 18.3 Å². The Morgan fingerprint density at radius 3 is 3.00 bits per heavy atom. The summed E-state index contributed by atoms with van der Waals surface area (Å²) >= 11 is 0. The molecule has 0 bridgehead atoms. The van der Waals surface area contributed by atoms with Gasteiger partial charge in [0.25, 0.3) is 0 Å². The predicted octanol–water partition coefficient (Wildman–Crippen LogP) is 1.45. The minimum atomic E-state index is 0.0103. The van der Waals surface area contributed by atoms with Crippen molar-refractivity contribution in [3.63, 3.8) is 0 Å². The van der Waals surface area contributed by atoms with E-state index in [1.807, 2.05) is 31.0 Å². The molecule has 1 rings (SSSR count). The van der Waals surface area contributed by atoms with Crippen molar-refractivity contribution < 1.29 is 0 Å². The zero-order chi connectivity index (χ0) is 11.3. The van der Waals surface area contributed by atoms with Crippen molar-refractivity contribution in [2.75, 3.05) is 18.5 Å². The molecule has 80 valence electrons. The first kappa shape index (κ1) is 11.5. The van der Waals surface area contributed by atoms with Gasteiger partial charge in [0.1, 0.15) is 5.82 Å². The van der Waals surface area contributed by atoms with E-state index >= 15 is 0 Å². The Balaban J connectivity index is 2.77. The van der Waals surface area contributed by atoms with Crippen LogP contribution in [0.25, 0.3) is 0 Å². The number of hydrogen-bond donors (Lipinski definition) is 1. The van der Waals surface area contributed by atoms with Crippen LogP contribution in [0.5, 0.6) is 0 Å². The molecule has 4 heteroatoms. The van der Waals surface area contributed by atoms with Gasteiger partial charge in [0.15, 0.2) is 0 Å². The van der Waals surface area contributed by atoms with E-state index in [0.717, 1.165) is 11.4 Å². The minimum Gasteiger partial charge on any atom is -0.359 e. The average molecular weight is 204 g/mol. The molecule has 1 atom stereocenters. The summed E-state index contributed by atoms with van der Waals surface area (Å²) in [7, 11) is 1.92. The quantitative estimate of drug-likeness (QED) is 0.806. The van der Waals surface area contributed by atoms with Gasteiger partial charge in [0.2, 0.25) is 0 Å². The summed E-state index contributed by atoms with van der Waals surface area (Å²) in [5.41, 5.74) is 6.84. The number of rotatable bonds is 4. The third kappa shape index (κ3) is 3.22. The molecular weight excluding hydrogens is 188 g/mol. The lowest BCUT2D eigenvalue weighted by Gasteiger charge is -2.17. The van der Waals surface area contributed by atoms with Crippen LogP contribution in [-0.4, -0.2) is 18.6 Å². The summed E-state index contributed by atoms with van der Waals surface area (Å²) in [5.74, 6) is 0.861. The van der Waals surface area contributed by atoms with E-state index in [1.165, 1.54) is 0 Å². The number of aromatic nitrogens is 1. The second-order valence-corrected chi connectivity index (χ2v) is 3.57. The highest BCUT2D eigenvalue weighted by molar-refractivity contribution is 5.40. The molecule has 0 fully saturated rings. The Morgan fingerprint density at radius 1 is 1.67 bits per heavy atom. The van der Waals surface area contributed by atoms with Gasteiger partial charge in [-0.2, -0.15) is 5.26 Å². The number of pyridine rings is 1. The number of nitriles is 1. The van der Waals surface area contributed by atoms with E-state index in [0.29, 0.717) is 13.0 Å². The summed E-state index contributed by atoms with van der Waals surface area (Å²) < 4.78 is 0. The van der Waals surface area contributed by atoms with Crippen molar-refractivity contribution in [1.29, 1.82) is 5.26 Å². The molecule has 1 aromatic heterocycles. The molecule has 2 N–H and O–H groups in total. The Labute approximate surface area is 90.3 Å². The van der Waals surface area contributed by atoms with Crippen molar-refractivity contribution in [2.24, 2.45) is 5.73 Å². The molecule has 4 nitrogen and oxygen atoms in total. The molecule has 0 aromatic carbocycles. The van der Waals surface area contributed by atoms with Crippen molar-refractivity contribution >= 4 is 5.82 Å². The molecule has 0 radical (unpaired) electrons. The van der Waals surface area contributed by atoms with Gasteiger partial charge in [-0.3, -0.25) is 0 Å². The lowest BCUT2D eigenvalue weighted by Crippen LogP contribution is -2.19. The fourth-order valence-corrected chi connectivity index (χ4v) is 1.26. The van der Waals surface area contributed by atoms with E-state index in [9.17, 15) is 0 Å². The molecule has 0 saturated heterocycles. The summed E-state index contributed by atoms with van der Waals surface area (Å²) in [6.07, 6.45) is 2.25. The molecule has 0 aliphatic heterocycles. The summed E-state index contributed by atoms with van der Waals surface area (Å²) in [6.45, 7) is 2.63. The largest absolute Gasteiger partial charge is 0.359 e. The lowest BCUT2D eigenvalue weighted by molar-refractivity contribution is 0.809. The fraction of sp³-hybridized carbons (Fsp3) is 0.455. The standard InChI is InChI=1S/C11H16N4/c1-9(13)10-4-6-14-11(8-10)15(2)7-3-5-12/h4,6,8-9H,3,7,13H2,1-2H3. The molecule has 0 saturated carbocycles. The van der Waals surface area contributed by atoms with Crippen LogP contribution < -0.4 is 10.6 Å². The highest BCUT2D eigenvalue weighted by Gasteiger charge is 2.05. The second-order valence-electron chi connectivity index (χ2n) is 3.57. The monoisotopic (exact) mass is 204 g/mol. The Morgan fingerprint density at radius 2 is 2.40 bits per heavy atom. The van der Waals surface area contributed by atoms with E-state index in [4.69, 9.17) is 11.0 Å². The molecule has 0 amide bonds.